The van der Waals surface area contributed by atoms with Gasteiger partial charge in [0.15, 0.2) is 0 Å². The van der Waals surface area contributed by atoms with E-state index in [0.29, 0.717) is 34.4 Å². The Hall–Kier alpha value is -2.73. The summed E-state index contributed by atoms with van der Waals surface area (Å²) in [6, 6.07) is 11.8. The van der Waals surface area contributed by atoms with Gasteiger partial charge in [0, 0.05) is 18.3 Å². The number of para-hydroxylation sites is 1. The summed E-state index contributed by atoms with van der Waals surface area (Å²) in [5.41, 5.74) is 1.16. The lowest BCUT2D eigenvalue weighted by Crippen LogP contribution is -2.42. The minimum Gasteiger partial charge on any atom is -0.490 e. The first-order valence-electron chi connectivity index (χ1n) is 8.73. The van der Waals surface area contributed by atoms with Gasteiger partial charge in [0.25, 0.3) is 0 Å². The van der Waals surface area contributed by atoms with Crippen LogP contribution in [-0.4, -0.2) is 25.1 Å². The van der Waals surface area contributed by atoms with Crippen LogP contribution in [0, 0.1) is 5.41 Å². The molecular formula is C20H22ClN3O3. The van der Waals surface area contributed by atoms with Crippen LogP contribution in [-0.2, 0) is 4.79 Å². The number of nitrogens with one attached hydrogen (secondary N) is 2. The Labute approximate surface area is 163 Å². The van der Waals surface area contributed by atoms with Crippen LogP contribution in [0.5, 0.6) is 5.75 Å². The second-order valence-electron chi connectivity index (χ2n) is 6.96. The highest BCUT2D eigenvalue weighted by Crippen LogP contribution is 2.38. The lowest BCUT2D eigenvalue weighted by Gasteiger charge is -2.26. The summed E-state index contributed by atoms with van der Waals surface area (Å²) in [6.07, 6.45) is 0. The number of hydrogen-bond acceptors (Lipinski definition) is 3. The van der Waals surface area contributed by atoms with Crippen molar-refractivity contribution < 1.29 is 14.3 Å². The maximum absolute atomic E-state index is 12.7. The Balaban J connectivity index is 1.80. The molecule has 2 N–H and O–H groups in total. The van der Waals surface area contributed by atoms with Crippen molar-refractivity contribution in [1.82, 2.24) is 0 Å². The van der Waals surface area contributed by atoms with Gasteiger partial charge in [0.1, 0.15) is 12.4 Å². The van der Waals surface area contributed by atoms with Gasteiger partial charge in [-0.3, -0.25) is 4.79 Å². The number of anilines is 3. The summed E-state index contributed by atoms with van der Waals surface area (Å²) >= 11 is 6.06. The van der Waals surface area contributed by atoms with Crippen LogP contribution in [0.15, 0.2) is 42.5 Å². The van der Waals surface area contributed by atoms with Gasteiger partial charge in [-0.2, -0.15) is 0 Å². The van der Waals surface area contributed by atoms with Crippen molar-refractivity contribution in [2.45, 2.75) is 20.8 Å². The van der Waals surface area contributed by atoms with Gasteiger partial charge in [-0.15, -0.1) is 0 Å². The van der Waals surface area contributed by atoms with E-state index in [1.807, 2.05) is 20.8 Å². The number of fused-ring (bicyclic) bond motifs is 1. The van der Waals surface area contributed by atoms with Crippen LogP contribution >= 0.6 is 11.6 Å². The van der Waals surface area contributed by atoms with E-state index in [9.17, 15) is 9.59 Å². The van der Waals surface area contributed by atoms with Crippen molar-refractivity contribution >= 4 is 40.6 Å². The van der Waals surface area contributed by atoms with Crippen molar-refractivity contribution in [3.05, 3.63) is 47.5 Å². The van der Waals surface area contributed by atoms with Crippen LogP contribution in [0.25, 0.3) is 0 Å². The van der Waals surface area contributed by atoms with Crippen molar-refractivity contribution in [3.63, 3.8) is 0 Å². The van der Waals surface area contributed by atoms with E-state index < -0.39 is 11.4 Å². The molecule has 0 fully saturated rings. The Kier molecular flexibility index (Phi) is 5.28. The number of ether oxygens (including phenoxy) is 1. The molecule has 1 aliphatic rings. The lowest BCUT2D eigenvalue weighted by atomic mass is 9.93. The molecule has 7 heteroatoms. The highest BCUT2D eigenvalue weighted by atomic mass is 35.5. The Morgan fingerprint density at radius 1 is 1.22 bits per heavy atom. The number of carbonyl (C=O) groups excluding carboxylic acids is 2. The summed E-state index contributed by atoms with van der Waals surface area (Å²) in [6.45, 7) is 6.45. The minimum absolute atomic E-state index is 0.0147. The average molecular weight is 388 g/mol. The van der Waals surface area contributed by atoms with E-state index in [2.05, 4.69) is 10.6 Å². The largest absolute Gasteiger partial charge is 0.490 e. The number of nitrogens with zero attached hydrogens (tertiary/aromatic N) is 1. The monoisotopic (exact) mass is 387 g/mol. The molecule has 1 heterocycles. The Morgan fingerprint density at radius 2 is 1.96 bits per heavy atom. The lowest BCUT2D eigenvalue weighted by molar-refractivity contribution is -0.127. The first-order valence-corrected chi connectivity index (χ1v) is 9.11. The molecule has 0 saturated heterocycles. The number of rotatable bonds is 3. The number of urea groups is 1. The van der Waals surface area contributed by atoms with Gasteiger partial charge >= 0.3 is 6.03 Å². The zero-order valence-corrected chi connectivity index (χ0v) is 16.3. The fraction of sp³-hybridized carbons (Fsp3) is 0.300. The maximum atomic E-state index is 12.7. The van der Waals surface area contributed by atoms with Crippen LogP contribution in [0.1, 0.15) is 20.8 Å². The van der Waals surface area contributed by atoms with Crippen molar-refractivity contribution in [2.75, 3.05) is 28.7 Å². The standard InChI is InChI=1S/C20H22ClN3O3/c1-4-24-16-10-9-13(11-17(16)27-12-20(2,3)18(24)25)22-19(26)23-15-8-6-5-7-14(15)21/h5-11H,4,12H2,1-3H3,(H2,22,23,26). The van der Waals surface area contributed by atoms with Crippen molar-refractivity contribution in [2.24, 2.45) is 5.41 Å². The maximum Gasteiger partial charge on any atom is 0.323 e. The van der Waals surface area contributed by atoms with E-state index >= 15 is 0 Å². The number of halogens is 1. The third kappa shape index (κ3) is 4.01. The summed E-state index contributed by atoms with van der Waals surface area (Å²) in [5, 5.41) is 5.92. The number of carbonyl (C=O) groups is 2. The molecule has 0 aromatic heterocycles. The molecule has 0 radical (unpaired) electrons. The molecule has 0 aliphatic carbocycles. The second kappa shape index (κ2) is 7.48. The van der Waals surface area contributed by atoms with Crippen LogP contribution in [0.3, 0.4) is 0 Å². The predicted octanol–water partition coefficient (Wildman–Crippen LogP) is 4.76. The van der Waals surface area contributed by atoms with Crippen molar-refractivity contribution in [3.8, 4) is 5.75 Å². The third-order valence-electron chi connectivity index (χ3n) is 4.36. The summed E-state index contributed by atoms with van der Waals surface area (Å²) in [4.78, 5) is 26.7. The summed E-state index contributed by atoms with van der Waals surface area (Å²) in [7, 11) is 0. The molecule has 6 nitrogen and oxygen atoms in total. The molecule has 3 amide bonds. The van der Waals surface area contributed by atoms with E-state index in [0.717, 1.165) is 0 Å². The number of amides is 3. The molecule has 0 atom stereocenters. The summed E-state index contributed by atoms with van der Waals surface area (Å²) < 4.78 is 5.87. The highest BCUT2D eigenvalue weighted by molar-refractivity contribution is 6.33. The van der Waals surface area contributed by atoms with E-state index in [1.54, 1.807) is 47.4 Å². The summed E-state index contributed by atoms with van der Waals surface area (Å²) in [5.74, 6) is 0.576. The highest BCUT2D eigenvalue weighted by Gasteiger charge is 2.37. The minimum atomic E-state index is -0.621. The molecule has 0 unspecified atom stereocenters. The van der Waals surface area contributed by atoms with E-state index in [4.69, 9.17) is 16.3 Å². The predicted molar refractivity (Wildman–Crippen MR) is 108 cm³/mol. The third-order valence-corrected chi connectivity index (χ3v) is 4.69. The van der Waals surface area contributed by atoms with E-state index in [-0.39, 0.29) is 12.5 Å². The molecular weight excluding hydrogens is 366 g/mol. The van der Waals surface area contributed by atoms with Gasteiger partial charge in [0.2, 0.25) is 5.91 Å². The quantitative estimate of drug-likeness (QED) is 0.797. The Morgan fingerprint density at radius 3 is 2.67 bits per heavy atom. The van der Waals surface area contributed by atoms with Crippen molar-refractivity contribution in [1.29, 1.82) is 0 Å². The molecule has 142 valence electrons. The molecule has 27 heavy (non-hydrogen) atoms. The van der Waals surface area contributed by atoms with Gasteiger partial charge < -0.3 is 20.3 Å². The van der Waals surface area contributed by atoms with Crippen LogP contribution in [0.2, 0.25) is 5.02 Å². The molecule has 0 spiro atoms. The molecule has 2 aromatic carbocycles. The second-order valence-corrected chi connectivity index (χ2v) is 7.37. The zero-order valence-electron chi connectivity index (χ0n) is 15.5. The van der Waals surface area contributed by atoms with Gasteiger partial charge in [-0.25, -0.2) is 4.79 Å². The topological polar surface area (TPSA) is 70.7 Å². The van der Waals surface area contributed by atoms with E-state index in [1.165, 1.54) is 0 Å². The van der Waals surface area contributed by atoms with Crippen LogP contribution in [0.4, 0.5) is 21.9 Å². The molecule has 1 aliphatic heterocycles. The molecule has 2 aromatic rings. The zero-order chi connectivity index (χ0) is 19.6. The van der Waals surface area contributed by atoms with Gasteiger partial charge in [-0.05, 0) is 45.0 Å². The fourth-order valence-electron chi connectivity index (χ4n) is 2.89. The average Bonchev–Trinajstić information content (AvgIpc) is 2.72. The normalized spacial score (nSPS) is 15.4. The SMILES string of the molecule is CCN1C(=O)C(C)(C)COc2cc(NC(=O)Nc3ccccc3Cl)ccc21. The Bertz CT molecular complexity index is 883. The van der Waals surface area contributed by atoms with Gasteiger partial charge in [-0.1, -0.05) is 23.7 Å². The molecule has 0 saturated carbocycles. The number of hydrogen-bond donors (Lipinski definition) is 2. The van der Waals surface area contributed by atoms with Gasteiger partial charge in [0.05, 0.1) is 21.8 Å². The fourth-order valence-corrected chi connectivity index (χ4v) is 3.07. The smallest absolute Gasteiger partial charge is 0.323 e. The number of benzene rings is 2. The molecule has 3 rings (SSSR count). The van der Waals surface area contributed by atoms with Crippen LogP contribution < -0.4 is 20.3 Å². The first kappa shape index (κ1) is 19.0. The first-order chi connectivity index (χ1) is 12.8. The molecule has 0 bridgehead atoms.